The number of nitrogens with one attached hydrogen (secondary N) is 2. The molecule has 0 aromatic carbocycles. The van der Waals surface area contributed by atoms with Crippen molar-refractivity contribution in [1.29, 1.82) is 0 Å². The zero-order valence-corrected chi connectivity index (χ0v) is 14.9. The Hall–Kier alpha value is -3.04. The molecule has 0 bridgehead atoms. The van der Waals surface area contributed by atoms with Gasteiger partial charge in [0.15, 0.2) is 0 Å². The molecule has 27 heavy (non-hydrogen) atoms. The topological polar surface area (TPSA) is 146 Å². The maximum absolute atomic E-state index is 12.8. The van der Waals surface area contributed by atoms with Crippen molar-refractivity contribution < 1.29 is 33.8 Å². The van der Waals surface area contributed by atoms with Crippen molar-refractivity contribution in [1.82, 2.24) is 15.6 Å². The smallest absolute Gasteiger partial charge is 0.326 e. The predicted molar refractivity (Wildman–Crippen MR) is 91.1 cm³/mol. The van der Waals surface area contributed by atoms with Crippen LogP contribution in [-0.2, 0) is 25.6 Å². The highest BCUT2D eigenvalue weighted by Gasteiger charge is 2.29. The minimum absolute atomic E-state index is 0.182. The first-order valence-corrected chi connectivity index (χ1v) is 8.25. The fourth-order valence-corrected chi connectivity index (χ4v) is 2.22. The molecule has 9 nitrogen and oxygen atoms in total. The molecule has 148 valence electrons. The Balaban J connectivity index is 2.73. The predicted octanol–water partition coefficient (Wildman–Crippen LogP) is 0.338. The van der Waals surface area contributed by atoms with Crippen molar-refractivity contribution in [2.75, 3.05) is 0 Å². The van der Waals surface area contributed by atoms with Gasteiger partial charge in [-0.25, -0.2) is 9.18 Å². The van der Waals surface area contributed by atoms with E-state index in [1.165, 1.54) is 6.07 Å². The Morgan fingerprint density at radius 1 is 1.15 bits per heavy atom. The number of carboxylic acid groups (broad SMARTS) is 2. The van der Waals surface area contributed by atoms with E-state index < -0.39 is 48.1 Å². The van der Waals surface area contributed by atoms with E-state index >= 15 is 0 Å². The highest BCUT2D eigenvalue weighted by Crippen LogP contribution is 2.06. The molecule has 0 fully saturated rings. The standard InChI is InChI=1S/C17H22FN3O6/c1-9(2)15(16(25)20-12(17(26)27)5-6-14(23)24)21-13(22)7-11-4-3-10(18)8-19-11/h3-4,8-9,12,15H,5-7H2,1-2H3,(H,20,25)(H,21,22)(H,23,24)(H,26,27)/t12-,15+/m1/s1. The van der Waals surface area contributed by atoms with E-state index in [9.17, 15) is 23.6 Å². The van der Waals surface area contributed by atoms with E-state index in [2.05, 4.69) is 15.6 Å². The minimum Gasteiger partial charge on any atom is -0.481 e. The van der Waals surface area contributed by atoms with Gasteiger partial charge in [-0.1, -0.05) is 13.8 Å². The normalized spacial score (nSPS) is 12.9. The van der Waals surface area contributed by atoms with Gasteiger partial charge < -0.3 is 20.8 Å². The monoisotopic (exact) mass is 383 g/mol. The van der Waals surface area contributed by atoms with Crippen LogP contribution in [0.1, 0.15) is 32.4 Å². The summed E-state index contributed by atoms with van der Waals surface area (Å²) in [6, 6.07) is 0.0867. The number of carbonyl (C=O) groups is 4. The number of rotatable bonds is 10. The van der Waals surface area contributed by atoms with Gasteiger partial charge in [-0.3, -0.25) is 19.4 Å². The molecule has 2 amide bonds. The molecule has 4 N–H and O–H groups in total. The second-order valence-corrected chi connectivity index (χ2v) is 6.27. The summed E-state index contributed by atoms with van der Waals surface area (Å²) in [7, 11) is 0. The average Bonchev–Trinajstić information content (AvgIpc) is 2.57. The van der Waals surface area contributed by atoms with E-state index in [1.807, 2.05) is 0 Å². The number of aliphatic carboxylic acids is 2. The third kappa shape index (κ3) is 7.80. The van der Waals surface area contributed by atoms with Crippen molar-refractivity contribution in [3.63, 3.8) is 0 Å². The van der Waals surface area contributed by atoms with Crippen LogP contribution >= 0.6 is 0 Å². The Labute approximate surface area is 155 Å². The number of carbonyl (C=O) groups excluding carboxylic acids is 2. The summed E-state index contributed by atoms with van der Waals surface area (Å²) in [5.41, 5.74) is 0.307. The SMILES string of the molecule is CC(C)[C@H](NC(=O)Cc1ccc(F)cn1)C(=O)N[C@H](CCC(=O)O)C(=O)O. The molecule has 2 atom stereocenters. The Bertz CT molecular complexity index is 692. The second kappa shape index (κ2) is 10.2. The molecule has 1 heterocycles. The maximum Gasteiger partial charge on any atom is 0.326 e. The van der Waals surface area contributed by atoms with Crippen LogP contribution in [0.2, 0.25) is 0 Å². The highest BCUT2D eigenvalue weighted by atomic mass is 19.1. The second-order valence-electron chi connectivity index (χ2n) is 6.27. The highest BCUT2D eigenvalue weighted by molar-refractivity contribution is 5.91. The van der Waals surface area contributed by atoms with Crippen molar-refractivity contribution in [2.45, 2.75) is 45.2 Å². The van der Waals surface area contributed by atoms with E-state index in [1.54, 1.807) is 13.8 Å². The van der Waals surface area contributed by atoms with E-state index in [-0.39, 0.29) is 18.8 Å². The first-order chi connectivity index (χ1) is 12.6. The number of halogens is 1. The first-order valence-electron chi connectivity index (χ1n) is 8.25. The Morgan fingerprint density at radius 2 is 1.81 bits per heavy atom. The van der Waals surface area contributed by atoms with Crippen molar-refractivity contribution in [3.05, 3.63) is 29.8 Å². The molecule has 1 aromatic heterocycles. The lowest BCUT2D eigenvalue weighted by molar-refractivity contribution is -0.143. The van der Waals surface area contributed by atoms with E-state index in [0.717, 1.165) is 12.3 Å². The number of aromatic nitrogens is 1. The molecule has 1 rings (SSSR count). The van der Waals surface area contributed by atoms with Gasteiger partial charge >= 0.3 is 11.9 Å². The van der Waals surface area contributed by atoms with E-state index in [0.29, 0.717) is 5.69 Å². The largest absolute Gasteiger partial charge is 0.481 e. The van der Waals surface area contributed by atoms with Gasteiger partial charge in [0.05, 0.1) is 12.6 Å². The number of hydrogen-bond acceptors (Lipinski definition) is 5. The van der Waals surface area contributed by atoms with Crippen LogP contribution < -0.4 is 10.6 Å². The Morgan fingerprint density at radius 3 is 2.30 bits per heavy atom. The molecule has 0 aliphatic rings. The van der Waals surface area contributed by atoms with Crippen LogP contribution in [0.15, 0.2) is 18.3 Å². The number of pyridine rings is 1. The lowest BCUT2D eigenvalue weighted by Gasteiger charge is -2.24. The van der Waals surface area contributed by atoms with Crippen LogP contribution in [0, 0.1) is 11.7 Å². The zero-order chi connectivity index (χ0) is 20.6. The average molecular weight is 383 g/mol. The third-order valence-electron chi connectivity index (χ3n) is 3.66. The maximum atomic E-state index is 12.8. The van der Waals surface area contributed by atoms with Crippen LogP contribution in [-0.4, -0.2) is 51.0 Å². The minimum atomic E-state index is -1.38. The van der Waals surface area contributed by atoms with Gasteiger partial charge in [-0.05, 0) is 24.5 Å². The van der Waals surface area contributed by atoms with Crippen LogP contribution in [0.3, 0.4) is 0 Å². The summed E-state index contributed by atoms with van der Waals surface area (Å²) in [6.45, 7) is 3.32. The lowest BCUT2D eigenvalue weighted by atomic mass is 10.0. The Kier molecular flexibility index (Phi) is 8.31. The quantitative estimate of drug-likeness (QED) is 0.456. The molecule has 0 radical (unpaired) electrons. The van der Waals surface area contributed by atoms with Gasteiger partial charge in [-0.15, -0.1) is 0 Å². The summed E-state index contributed by atoms with van der Waals surface area (Å²) in [5.74, 6) is -4.72. The van der Waals surface area contributed by atoms with Gasteiger partial charge in [0.1, 0.15) is 17.9 Å². The number of hydrogen-bond donors (Lipinski definition) is 4. The van der Waals surface area contributed by atoms with Crippen molar-refractivity contribution >= 4 is 23.8 Å². The third-order valence-corrected chi connectivity index (χ3v) is 3.66. The molecule has 0 aliphatic carbocycles. The molecule has 0 saturated heterocycles. The van der Waals surface area contributed by atoms with Crippen molar-refractivity contribution in [3.8, 4) is 0 Å². The van der Waals surface area contributed by atoms with Crippen LogP contribution in [0.5, 0.6) is 0 Å². The molecule has 0 spiro atoms. The molecule has 0 saturated carbocycles. The van der Waals surface area contributed by atoms with Gasteiger partial charge in [0.25, 0.3) is 0 Å². The van der Waals surface area contributed by atoms with Crippen LogP contribution in [0.4, 0.5) is 4.39 Å². The summed E-state index contributed by atoms with van der Waals surface area (Å²) in [6.07, 6.45) is 0.0775. The van der Waals surface area contributed by atoms with E-state index in [4.69, 9.17) is 10.2 Å². The molecule has 0 aliphatic heterocycles. The molecular formula is C17H22FN3O6. The number of carboxylic acids is 2. The summed E-state index contributed by atoms with van der Waals surface area (Å²) in [4.78, 5) is 50.1. The lowest BCUT2D eigenvalue weighted by Crippen LogP contribution is -2.54. The van der Waals surface area contributed by atoms with Crippen molar-refractivity contribution in [2.24, 2.45) is 5.92 Å². The fourth-order valence-electron chi connectivity index (χ4n) is 2.22. The summed E-state index contributed by atoms with van der Waals surface area (Å²) in [5, 5.41) is 22.5. The summed E-state index contributed by atoms with van der Waals surface area (Å²) >= 11 is 0. The summed E-state index contributed by atoms with van der Waals surface area (Å²) < 4.78 is 12.8. The molecular weight excluding hydrogens is 361 g/mol. The fraction of sp³-hybridized carbons (Fsp3) is 0.471. The number of nitrogens with zero attached hydrogens (tertiary/aromatic N) is 1. The number of amides is 2. The molecule has 10 heteroatoms. The van der Waals surface area contributed by atoms with Gasteiger partial charge in [0, 0.05) is 12.1 Å². The zero-order valence-electron chi connectivity index (χ0n) is 14.9. The van der Waals surface area contributed by atoms with Gasteiger partial charge in [-0.2, -0.15) is 0 Å². The molecule has 0 unspecified atom stereocenters. The molecule has 1 aromatic rings. The van der Waals surface area contributed by atoms with Gasteiger partial charge in [0.2, 0.25) is 11.8 Å². The van der Waals surface area contributed by atoms with Crippen LogP contribution in [0.25, 0.3) is 0 Å². The first kappa shape index (κ1) is 22.0.